The number of carbonyl (C=O) groups is 1. The minimum absolute atomic E-state index is 0. The monoisotopic (exact) mass is 430 g/mol. The van der Waals surface area contributed by atoms with Gasteiger partial charge in [0, 0.05) is 37.4 Å². The second-order valence-electron chi connectivity index (χ2n) is 7.64. The third-order valence-electron chi connectivity index (χ3n) is 5.49. The maximum atomic E-state index is 11.3. The Balaban J connectivity index is 0.00000196. The summed E-state index contributed by atoms with van der Waals surface area (Å²) in [6, 6.07) is 4.33. The van der Waals surface area contributed by atoms with Gasteiger partial charge >= 0.3 is 0 Å². The summed E-state index contributed by atoms with van der Waals surface area (Å²) in [7, 11) is 0. The normalized spacial score (nSPS) is 20.8. The first kappa shape index (κ1) is 24.7. The van der Waals surface area contributed by atoms with Crippen LogP contribution in [0.25, 0.3) is 6.08 Å². The number of amides is 1. The summed E-state index contributed by atoms with van der Waals surface area (Å²) in [5.74, 6) is 1.26. The summed E-state index contributed by atoms with van der Waals surface area (Å²) >= 11 is 0. The molecular weight excluding hydrogens is 399 g/mol. The van der Waals surface area contributed by atoms with Crippen LogP contribution in [-0.4, -0.2) is 46.7 Å². The fourth-order valence-electron chi connectivity index (χ4n) is 4.04. The number of rotatable bonds is 6. The van der Waals surface area contributed by atoms with E-state index in [4.69, 9.17) is 5.21 Å². The van der Waals surface area contributed by atoms with Crippen molar-refractivity contribution in [2.24, 2.45) is 5.92 Å². The van der Waals surface area contributed by atoms with E-state index >= 15 is 0 Å². The van der Waals surface area contributed by atoms with Gasteiger partial charge in [0.1, 0.15) is 5.82 Å². The van der Waals surface area contributed by atoms with Gasteiger partial charge in [-0.1, -0.05) is 19.3 Å². The molecule has 2 heterocycles. The molecule has 3 N–H and O–H groups in total. The Kier molecular flexibility index (Phi) is 10.8. The molecule has 6 nitrogen and oxygen atoms in total. The molecule has 1 amide bonds. The molecule has 1 aromatic rings. The number of nitrogens with zero attached hydrogens (tertiary/aromatic N) is 2. The molecule has 0 spiro atoms. The van der Waals surface area contributed by atoms with Gasteiger partial charge in [-0.05, 0) is 55.9 Å². The van der Waals surface area contributed by atoms with Crippen LogP contribution in [0.5, 0.6) is 0 Å². The lowest BCUT2D eigenvalue weighted by atomic mass is 9.89. The molecule has 28 heavy (non-hydrogen) atoms. The van der Waals surface area contributed by atoms with Crippen molar-refractivity contribution < 1.29 is 10.0 Å². The van der Waals surface area contributed by atoms with E-state index in [1.807, 2.05) is 12.1 Å². The van der Waals surface area contributed by atoms with Crippen molar-refractivity contribution in [3.63, 3.8) is 0 Å². The van der Waals surface area contributed by atoms with Crippen LogP contribution in [0.2, 0.25) is 0 Å². The fraction of sp³-hybridized carbons (Fsp3) is 0.600. The summed E-state index contributed by atoms with van der Waals surface area (Å²) in [6.45, 7) is 5.17. The number of likely N-dealkylation sites (tertiary alicyclic amines) is 1. The molecule has 158 valence electrons. The number of hydrogen-bond acceptors (Lipinski definition) is 5. The summed E-state index contributed by atoms with van der Waals surface area (Å²) in [6.07, 6.45) is 11.6. The van der Waals surface area contributed by atoms with Crippen LogP contribution >= 0.6 is 24.8 Å². The molecule has 0 aromatic carbocycles. The van der Waals surface area contributed by atoms with E-state index in [2.05, 4.69) is 15.2 Å². The first-order valence-electron chi connectivity index (χ1n) is 9.71. The quantitative estimate of drug-likeness (QED) is 0.362. The fourth-order valence-corrected chi connectivity index (χ4v) is 4.04. The molecule has 1 saturated carbocycles. The van der Waals surface area contributed by atoms with E-state index in [0.717, 1.165) is 30.3 Å². The highest BCUT2D eigenvalue weighted by atomic mass is 35.5. The van der Waals surface area contributed by atoms with E-state index in [1.54, 1.807) is 24.7 Å². The summed E-state index contributed by atoms with van der Waals surface area (Å²) in [4.78, 5) is 18.4. The Hall–Kier alpha value is -1.34. The van der Waals surface area contributed by atoms with E-state index in [0.29, 0.717) is 11.6 Å². The number of carbonyl (C=O) groups excluding carboxylic acids is 1. The Morgan fingerprint density at radius 1 is 1.25 bits per heavy atom. The Morgan fingerprint density at radius 2 is 2.00 bits per heavy atom. The van der Waals surface area contributed by atoms with E-state index in [-0.39, 0.29) is 24.8 Å². The number of hydrogen-bond donors (Lipinski definition) is 3. The Bertz CT molecular complexity index is 634. The van der Waals surface area contributed by atoms with Gasteiger partial charge in [0.25, 0.3) is 5.91 Å². The first-order valence-corrected chi connectivity index (χ1v) is 9.71. The smallest absolute Gasteiger partial charge is 0.270 e. The van der Waals surface area contributed by atoms with Crippen molar-refractivity contribution in [1.29, 1.82) is 0 Å². The van der Waals surface area contributed by atoms with Crippen molar-refractivity contribution in [1.82, 2.24) is 15.4 Å². The zero-order chi connectivity index (χ0) is 18.4. The third kappa shape index (κ3) is 7.24. The van der Waals surface area contributed by atoms with Crippen molar-refractivity contribution in [2.45, 2.75) is 51.5 Å². The Morgan fingerprint density at radius 3 is 2.64 bits per heavy atom. The Labute approximate surface area is 179 Å². The van der Waals surface area contributed by atoms with Gasteiger partial charge in [0.2, 0.25) is 0 Å². The predicted octanol–water partition coefficient (Wildman–Crippen LogP) is 3.90. The van der Waals surface area contributed by atoms with Crippen molar-refractivity contribution in [2.75, 3.05) is 25.0 Å². The largest absolute Gasteiger partial charge is 0.366 e. The number of anilines is 1. The average Bonchev–Trinajstić information content (AvgIpc) is 3.10. The summed E-state index contributed by atoms with van der Waals surface area (Å²) in [5.41, 5.74) is 2.90. The van der Waals surface area contributed by atoms with E-state index in [9.17, 15) is 4.79 Å². The van der Waals surface area contributed by atoms with Crippen LogP contribution in [0.1, 0.15) is 51.0 Å². The van der Waals surface area contributed by atoms with Crippen LogP contribution in [0, 0.1) is 5.92 Å². The van der Waals surface area contributed by atoms with Crippen molar-refractivity contribution in [3.05, 3.63) is 29.5 Å². The van der Waals surface area contributed by atoms with Gasteiger partial charge in [0.05, 0.1) is 0 Å². The minimum Gasteiger partial charge on any atom is -0.366 e. The highest BCUT2D eigenvalue weighted by molar-refractivity contribution is 5.96. The molecule has 1 atom stereocenters. The van der Waals surface area contributed by atoms with Crippen LogP contribution in [0.15, 0.2) is 23.9 Å². The molecule has 1 saturated heterocycles. The zero-order valence-electron chi connectivity index (χ0n) is 16.4. The number of nitrogens with one attached hydrogen (secondary N) is 2. The standard InChI is InChI=1S/C20H30N4O2.2ClH/c1-15(20(25)23-26)11-17-7-8-19(21-12-17)22-18-9-10-24(14-18)13-16-5-3-2-4-6-16;;/h7-8,11-12,16,18,26H,2-6,9-10,13-14H2,1H3,(H,21,22)(H,23,25);2*1H/b15-11+;;/t18-;;/m1../s1. The van der Waals surface area contributed by atoms with Gasteiger partial charge in [-0.2, -0.15) is 0 Å². The topological polar surface area (TPSA) is 77.5 Å². The second kappa shape index (κ2) is 12.3. The lowest BCUT2D eigenvalue weighted by Crippen LogP contribution is -2.31. The van der Waals surface area contributed by atoms with Crippen LogP contribution in [-0.2, 0) is 4.79 Å². The number of halogens is 2. The molecule has 1 aromatic heterocycles. The molecule has 0 unspecified atom stereocenters. The van der Waals surface area contributed by atoms with Gasteiger partial charge in [-0.3, -0.25) is 10.0 Å². The number of pyridine rings is 1. The molecule has 8 heteroatoms. The number of hydroxylamine groups is 1. The summed E-state index contributed by atoms with van der Waals surface area (Å²) < 4.78 is 0. The lowest BCUT2D eigenvalue weighted by molar-refractivity contribution is -0.125. The minimum atomic E-state index is -0.504. The lowest BCUT2D eigenvalue weighted by Gasteiger charge is -2.26. The molecule has 2 aliphatic rings. The van der Waals surface area contributed by atoms with Crippen LogP contribution in [0.4, 0.5) is 5.82 Å². The van der Waals surface area contributed by atoms with Gasteiger partial charge in [-0.15, -0.1) is 24.8 Å². The second-order valence-corrected chi connectivity index (χ2v) is 7.64. The third-order valence-corrected chi connectivity index (χ3v) is 5.49. The maximum absolute atomic E-state index is 11.3. The average molecular weight is 431 g/mol. The molecule has 2 fully saturated rings. The molecule has 0 bridgehead atoms. The molecule has 3 rings (SSSR count). The maximum Gasteiger partial charge on any atom is 0.270 e. The number of aromatic nitrogens is 1. The predicted molar refractivity (Wildman–Crippen MR) is 117 cm³/mol. The van der Waals surface area contributed by atoms with Gasteiger partial charge < -0.3 is 10.2 Å². The molecular formula is C20H32Cl2N4O2. The SMILES string of the molecule is C/C(=C\c1ccc(N[C@@H]2CCN(CC3CCCCC3)C2)nc1)C(=O)NO.Cl.Cl. The van der Waals surface area contributed by atoms with E-state index < -0.39 is 5.91 Å². The highest BCUT2D eigenvalue weighted by Crippen LogP contribution is 2.26. The van der Waals surface area contributed by atoms with Gasteiger partial charge in [-0.25, -0.2) is 10.5 Å². The van der Waals surface area contributed by atoms with E-state index in [1.165, 1.54) is 45.2 Å². The summed E-state index contributed by atoms with van der Waals surface area (Å²) in [5, 5.41) is 12.2. The first-order chi connectivity index (χ1) is 12.6. The van der Waals surface area contributed by atoms with Crippen molar-refractivity contribution >= 4 is 42.6 Å². The highest BCUT2D eigenvalue weighted by Gasteiger charge is 2.25. The zero-order valence-corrected chi connectivity index (χ0v) is 18.0. The molecule has 1 aliphatic carbocycles. The van der Waals surface area contributed by atoms with Gasteiger partial charge in [0.15, 0.2) is 0 Å². The molecule has 1 aliphatic heterocycles. The van der Waals surface area contributed by atoms with Crippen LogP contribution in [0.3, 0.4) is 0 Å². The van der Waals surface area contributed by atoms with Crippen LogP contribution < -0.4 is 10.8 Å². The van der Waals surface area contributed by atoms with Crippen molar-refractivity contribution in [3.8, 4) is 0 Å². The molecule has 0 radical (unpaired) electrons.